The molecule has 0 saturated carbocycles. The summed E-state index contributed by atoms with van der Waals surface area (Å²) in [7, 11) is 0. The molecule has 0 amide bonds. The SMILES string of the molecule is CC1(C)c2ccc3ccccc3c2-c2ccc3sc4cc(-c5c6ccccc6c(-c6ccc7ccccc7c6)c6ccccc56)ccc4c3c21. The Morgan fingerprint density at radius 3 is 1.66 bits per heavy atom. The molecule has 1 aromatic heterocycles. The number of hydrogen-bond acceptors (Lipinski definition) is 1. The van der Waals surface area contributed by atoms with E-state index < -0.39 is 0 Å². The zero-order valence-corrected chi connectivity index (χ0v) is 28.7. The molecule has 234 valence electrons. The predicted octanol–water partition coefficient (Wildman–Crippen LogP) is 14.3. The smallest absolute Gasteiger partial charge is 0.0361 e. The summed E-state index contributed by atoms with van der Waals surface area (Å²) in [6.45, 7) is 4.83. The first-order valence-corrected chi connectivity index (χ1v) is 18.3. The first-order chi connectivity index (χ1) is 24.6. The van der Waals surface area contributed by atoms with Crippen LogP contribution in [0.3, 0.4) is 0 Å². The molecule has 1 aliphatic carbocycles. The lowest BCUT2D eigenvalue weighted by molar-refractivity contribution is 0.667. The molecule has 9 aromatic carbocycles. The molecule has 1 heteroatoms. The van der Waals surface area contributed by atoms with Crippen LogP contribution in [-0.4, -0.2) is 0 Å². The Hall–Kier alpha value is -5.76. The molecule has 0 spiro atoms. The van der Waals surface area contributed by atoms with E-state index in [1.54, 1.807) is 0 Å². The molecule has 0 radical (unpaired) electrons. The van der Waals surface area contributed by atoms with Crippen LogP contribution in [0.4, 0.5) is 0 Å². The topological polar surface area (TPSA) is 0 Å². The normalized spacial score (nSPS) is 13.6. The van der Waals surface area contributed by atoms with Crippen molar-refractivity contribution >= 4 is 74.6 Å². The van der Waals surface area contributed by atoms with Gasteiger partial charge in [-0.1, -0.05) is 153 Å². The Balaban J connectivity index is 1.16. The van der Waals surface area contributed by atoms with Gasteiger partial charge >= 0.3 is 0 Å². The molecule has 0 bridgehead atoms. The lowest BCUT2D eigenvalue weighted by Crippen LogP contribution is -2.15. The Bertz CT molecular complexity index is 3010. The molecular formula is C49H32S. The van der Waals surface area contributed by atoms with Gasteiger partial charge in [0.25, 0.3) is 0 Å². The summed E-state index contributed by atoms with van der Waals surface area (Å²) in [5.41, 5.74) is 10.7. The molecule has 0 saturated heterocycles. The number of benzene rings is 9. The summed E-state index contributed by atoms with van der Waals surface area (Å²) in [6, 6.07) is 59.1. The van der Waals surface area contributed by atoms with Crippen molar-refractivity contribution in [1.29, 1.82) is 0 Å². The zero-order valence-electron chi connectivity index (χ0n) is 27.9. The molecule has 1 heterocycles. The first-order valence-electron chi connectivity index (χ1n) is 17.5. The van der Waals surface area contributed by atoms with Crippen LogP contribution < -0.4 is 0 Å². The quantitative estimate of drug-likeness (QED) is 0.163. The monoisotopic (exact) mass is 652 g/mol. The molecule has 0 fully saturated rings. The molecule has 0 nitrogen and oxygen atoms in total. The van der Waals surface area contributed by atoms with Gasteiger partial charge in [-0.3, -0.25) is 0 Å². The molecule has 0 atom stereocenters. The zero-order chi connectivity index (χ0) is 33.1. The molecule has 0 N–H and O–H groups in total. The molecule has 11 rings (SSSR count). The molecule has 10 aromatic rings. The maximum Gasteiger partial charge on any atom is 0.0361 e. The van der Waals surface area contributed by atoms with Gasteiger partial charge in [-0.05, 0) is 106 Å². The van der Waals surface area contributed by atoms with E-state index in [0.29, 0.717) is 0 Å². The van der Waals surface area contributed by atoms with Crippen LogP contribution in [0.2, 0.25) is 0 Å². The number of rotatable bonds is 2. The second-order valence-electron chi connectivity index (χ2n) is 14.4. The van der Waals surface area contributed by atoms with Gasteiger partial charge in [0.15, 0.2) is 0 Å². The van der Waals surface area contributed by atoms with Crippen molar-refractivity contribution in [2.45, 2.75) is 19.3 Å². The lowest BCUT2D eigenvalue weighted by atomic mass is 9.80. The van der Waals surface area contributed by atoms with Crippen molar-refractivity contribution in [3.63, 3.8) is 0 Å². The van der Waals surface area contributed by atoms with Crippen LogP contribution in [0.1, 0.15) is 25.0 Å². The van der Waals surface area contributed by atoms with E-state index in [4.69, 9.17) is 0 Å². The van der Waals surface area contributed by atoms with Crippen molar-refractivity contribution in [2.75, 3.05) is 0 Å². The standard InChI is InChI=1S/C49H32S/c1-49(2)41-25-22-30-12-5-6-14-34(30)46(41)40-24-26-42-47(48(40)49)39-23-21-33(28-43(39)50-42)45-37-17-9-7-15-35(37)44(36-16-8-10-18-38(36)45)32-20-19-29-11-3-4-13-31(29)27-32/h3-28H,1-2H3. The van der Waals surface area contributed by atoms with Crippen LogP contribution in [0.5, 0.6) is 0 Å². The second-order valence-corrected chi connectivity index (χ2v) is 15.5. The fourth-order valence-corrected chi connectivity index (χ4v) is 10.3. The number of hydrogen-bond donors (Lipinski definition) is 0. The fourth-order valence-electron chi connectivity index (χ4n) is 9.19. The van der Waals surface area contributed by atoms with Crippen molar-refractivity contribution in [3.8, 4) is 33.4 Å². The highest BCUT2D eigenvalue weighted by molar-refractivity contribution is 7.25. The first kappa shape index (κ1) is 28.1. The lowest BCUT2D eigenvalue weighted by Gasteiger charge is -2.23. The number of thiophene rings is 1. The van der Waals surface area contributed by atoms with Gasteiger partial charge in [-0.15, -0.1) is 11.3 Å². The maximum absolute atomic E-state index is 2.46. The largest absolute Gasteiger partial charge is 0.135 e. The van der Waals surface area contributed by atoms with E-state index in [9.17, 15) is 0 Å². The minimum Gasteiger partial charge on any atom is -0.135 e. The molecular weight excluding hydrogens is 621 g/mol. The van der Waals surface area contributed by atoms with Crippen molar-refractivity contribution < 1.29 is 0 Å². The van der Waals surface area contributed by atoms with Gasteiger partial charge in [-0.2, -0.15) is 0 Å². The van der Waals surface area contributed by atoms with Crippen LogP contribution in [0.15, 0.2) is 158 Å². The van der Waals surface area contributed by atoms with E-state index in [1.807, 2.05) is 11.3 Å². The summed E-state index contributed by atoms with van der Waals surface area (Å²) in [5, 5.41) is 13.1. The van der Waals surface area contributed by atoms with Gasteiger partial charge < -0.3 is 0 Å². The van der Waals surface area contributed by atoms with Crippen LogP contribution >= 0.6 is 11.3 Å². The van der Waals surface area contributed by atoms with Crippen molar-refractivity contribution in [3.05, 3.63) is 169 Å². The van der Waals surface area contributed by atoms with E-state index in [1.165, 1.54) is 108 Å². The minimum atomic E-state index is -0.0914. The van der Waals surface area contributed by atoms with Gasteiger partial charge in [0.1, 0.15) is 0 Å². The van der Waals surface area contributed by atoms with Crippen LogP contribution in [0.25, 0.3) is 96.6 Å². The summed E-state index contributed by atoms with van der Waals surface area (Å²) < 4.78 is 2.71. The van der Waals surface area contributed by atoms with Gasteiger partial charge in [0.2, 0.25) is 0 Å². The van der Waals surface area contributed by atoms with Gasteiger partial charge in [0, 0.05) is 25.6 Å². The van der Waals surface area contributed by atoms with E-state index in [2.05, 4.69) is 172 Å². The van der Waals surface area contributed by atoms with Crippen molar-refractivity contribution in [2.24, 2.45) is 0 Å². The average Bonchev–Trinajstić information content (AvgIpc) is 3.64. The average molecular weight is 653 g/mol. The Morgan fingerprint density at radius 2 is 0.960 bits per heavy atom. The third-order valence-electron chi connectivity index (χ3n) is 11.4. The highest BCUT2D eigenvalue weighted by Gasteiger charge is 2.38. The van der Waals surface area contributed by atoms with Gasteiger partial charge in [-0.25, -0.2) is 0 Å². The van der Waals surface area contributed by atoms with Gasteiger partial charge in [0.05, 0.1) is 0 Å². The van der Waals surface area contributed by atoms with E-state index in [-0.39, 0.29) is 5.41 Å². The maximum atomic E-state index is 2.46. The summed E-state index contributed by atoms with van der Waals surface area (Å²) in [4.78, 5) is 0. The number of fused-ring (bicyclic) bond motifs is 12. The third-order valence-corrected chi connectivity index (χ3v) is 12.5. The molecule has 0 unspecified atom stereocenters. The Kier molecular flexibility index (Phi) is 5.70. The molecule has 1 aliphatic rings. The second kappa shape index (κ2) is 10.1. The third kappa shape index (κ3) is 3.76. The minimum absolute atomic E-state index is 0.0914. The summed E-state index contributed by atoms with van der Waals surface area (Å²) in [6.07, 6.45) is 0. The Morgan fingerprint density at radius 1 is 0.400 bits per heavy atom. The molecule has 0 aliphatic heterocycles. The highest BCUT2D eigenvalue weighted by atomic mass is 32.1. The predicted molar refractivity (Wildman–Crippen MR) is 218 cm³/mol. The van der Waals surface area contributed by atoms with E-state index >= 15 is 0 Å². The summed E-state index contributed by atoms with van der Waals surface area (Å²) >= 11 is 1.93. The van der Waals surface area contributed by atoms with Crippen molar-refractivity contribution in [1.82, 2.24) is 0 Å². The highest BCUT2D eigenvalue weighted by Crippen LogP contribution is 2.56. The summed E-state index contributed by atoms with van der Waals surface area (Å²) in [5.74, 6) is 0. The van der Waals surface area contributed by atoms with Crippen LogP contribution in [-0.2, 0) is 5.41 Å². The Labute approximate surface area is 294 Å². The van der Waals surface area contributed by atoms with E-state index in [0.717, 1.165) is 0 Å². The van der Waals surface area contributed by atoms with Crippen LogP contribution in [0, 0.1) is 0 Å². The fraction of sp³-hybridized carbons (Fsp3) is 0.0612. The molecule has 50 heavy (non-hydrogen) atoms.